The Morgan fingerprint density at radius 2 is 2.00 bits per heavy atom. The highest BCUT2D eigenvalue weighted by Gasteiger charge is 2.34. The first-order chi connectivity index (χ1) is 11.4. The van der Waals surface area contributed by atoms with Gasteiger partial charge in [-0.2, -0.15) is 0 Å². The number of carboxylic acids is 1. The van der Waals surface area contributed by atoms with E-state index in [-0.39, 0.29) is 23.6 Å². The van der Waals surface area contributed by atoms with Gasteiger partial charge in [-0.05, 0) is 25.3 Å². The van der Waals surface area contributed by atoms with Crippen LogP contribution in [-0.4, -0.2) is 53.6 Å². The summed E-state index contributed by atoms with van der Waals surface area (Å²) in [5.41, 5.74) is -0.420. The van der Waals surface area contributed by atoms with Crippen LogP contribution in [0.25, 0.3) is 0 Å². The van der Waals surface area contributed by atoms with Gasteiger partial charge in [0.15, 0.2) is 5.75 Å². The molecule has 0 spiro atoms. The second-order valence-corrected chi connectivity index (χ2v) is 5.34. The summed E-state index contributed by atoms with van der Waals surface area (Å²) >= 11 is 0. The number of carbonyl (C=O) groups is 2. The van der Waals surface area contributed by atoms with Gasteiger partial charge in [0.05, 0.1) is 24.7 Å². The number of benzene rings is 1. The van der Waals surface area contributed by atoms with Crippen LogP contribution < -0.4 is 9.47 Å². The fourth-order valence-electron chi connectivity index (χ4n) is 2.80. The lowest BCUT2D eigenvalue weighted by molar-refractivity contribution is -0.385. The lowest BCUT2D eigenvalue weighted by Gasteiger charge is -2.33. The lowest BCUT2D eigenvalue weighted by Crippen LogP contribution is -2.48. The minimum atomic E-state index is -1.09. The Morgan fingerprint density at radius 1 is 1.29 bits per heavy atom. The molecule has 1 aliphatic heterocycles. The number of likely N-dealkylation sites (tertiary alicyclic amines) is 1. The monoisotopic (exact) mass is 338 g/mol. The first-order valence-corrected chi connectivity index (χ1v) is 7.35. The maximum absolute atomic E-state index is 12.7. The van der Waals surface area contributed by atoms with E-state index in [1.807, 2.05) is 0 Å². The number of nitro benzene ring substituents is 1. The number of aliphatic carboxylic acids is 1. The van der Waals surface area contributed by atoms with Crippen LogP contribution in [0.2, 0.25) is 0 Å². The van der Waals surface area contributed by atoms with Crippen molar-refractivity contribution in [2.24, 2.45) is 0 Å². The normalized spacial score (nSPS) is 17.2. The van der Waals surface area contributed by atoms with E-state index in [2.05, 4.69) is 0 Å². The Kier molecular flexibility index (Phi) is 5.22. The van der Waals surface area contributed by atoms with Crippen LogP contribution in [0.15, 0.2) is 12.1 Å². The standard InChI is InChI=1S/C15H18N2O7/c1-23-12-8-9(7-11(17(21)22)13(12)24-2)14(18)16-6-4-3-5-10(16)15(19)20/h7-8,10H,3-6H2,1-2H3,(H,19,20). The Bertz CT molecular complexity index is 674. The van der Waals surface area contributed by atoms with Gasteiger partial charge in [0.25, 0.3) is 5.91 Å². The number of hydrogen-bond donors (Lipinski definition) is 1. The van der Waals surface area contributed by atoms with Gasteiger partial charge in [-0.3, -0.25) is 14.9 Å². The lowest BCUT2D eigenvalue weighted by atomic mass is 10.0. The molecule has 9 nitrogen and oxygen atoms in total. The van der Waals surface area contributed by atoms with Crippen LogP contribution in [-0.2, 0) is 4.79 Å². The van der Waals surface area contributed by atoms with Crippen LogP contribution in [0.3, 0.4) is 0 Å². The number of ether oxygens (including phenoxy) is 2. The molecule has 1 saturated heterocycles. The molecule has 1 heterocycles. The predicted octanol–water partition coefficient (Wildman–Crippen LogP) is 1.69. The van der Waals surface area contributed by atoms with Crippen LogP contribution in [0.5, 0.6) is 11.5 Å². The highest BCUT2D eigenvalue weighted by molar-refractivity contribution is 5.98. The number of rotatable bonds is 5. The number of methoxy groups -OCH3 is 2. The topological polar surface area (TPSA) is 119 Å². The molecule has 24 heavy (non-hydrogen) atoms. The summed E-state index contributed by atoms with van der Waals surface area (Å²) in [5.74, 6) is -1.71. The SMILES string of the molecule is COc1cc(C(=O)N2CCCCC2C(=O)O)cc([N+](=O)[O-])c1OC. The third kappa shape index (κ3) is 3.24. The van der Waals surface area contributed by atoms with E-state index in [1.165, 1.54) is 25.2 Å². The zero-order valence-corrected chi connectivity index (χ0v) is 13.4. The van der Waals surface area contributed by atoms with Gasteiger partial charge < -0.3 is 19.5 Å². The Labute approximate surface area is 137 Å². The molecule has 0 aliphatic carbocycles. The zero-order chi connectivity index (χ0) is 17.9. The zero-order valence-electron chi connectivity index (χ0n) is 13.4. The first-order valence-electron chi connectivity index (χ1n) is 7.35. The van der Waals surface area contributed by atoms with Crippen LogP contribution >= 0.6 is 0 Å². The maximum atomic E-state index is 12.7. The van der Waals surface area contributed by atoms with Gasteiger partial charge in [-0.1, -0.05) is 0 Å². The average molecular weight is 338 g/mol. The summed E-state index contributed by atoms with van der Waals surface area (Å²) in [6, 6.07) is 1.47. The molecule has 1 aliphatic rings. The van der Waals surface area contributed by atoms with E-state index in [0.29, 0.717) is 19.3 Å². The number of hydrogen-bond acceptors (Lipinski definition) is 6. The largest absolute Gasteiger partial charge is 0.493 e. The minimum Gasteiger partial charge on any atom is -0.493 e. The highest BCUT2D eigenvalue weighted by atomic mass is 16.6. The van der Waals surface area contributed by atoms with E-state index in [0.717, 1.165) is 6.07 Å². The minimum absolute atomic E-state index is 0.00694. The number of piperidine rings is 1. The molecule has 0 bridgehead atoms. The van der Waals surface area contributed by atoms with E-state index < -0.39 is 28.5 Å². The molecule has 0 radical (unpaired) electrons. The molecular weight excluding hydrogens is 320 g/mol. The quantitative estimate of drug-likeness (QED) is 0.641. The first kappa shape index (κ1) is 17.5. The average Bonchev–Trinajstić information content (AvgIpc) is 2.59. The molecule has 2 rings (SSSR count). The number of carboxylic acid groups (broad SMARTS) is 1. The second-order valence-electron chi connectivity index (χ2n) is 5.34. The molecule has 1 aromatic carbocycles. The van der Waals surface area contributed by atoms with Crippen LogP contribution in [0, 0.1) is 10.1 Å². The van der Waals surface area contributed by atoms with Crippen LogP contribution in [0.4, 0.5) is 5.69 Å². The van der Waals surface area contributed by atoms with E-state index in [9.17, 15) is 24.8 Å². The third-order valence-electron chi connectivity index (χ3n) is 3.95. The Balaban J connectivity index is 2.47. The second kappa shape index (κ2) is 7.16. The van der Waals surface area contributed by atoms with Crippen molar-refractivity contribution in [3.05, 3.63) is 27.8 Å². The van der Waals surface area contributed by atoms with Crippen molar-refractivity contribution < 1.29 is 29.1 Å². The number of nitro groups is 1. The summed E-state index contributed by atoms with van der Waals surface area (Å²) in [6.07, 6.45) is 1.76. The smallest absolute Gasteiger partial charge is 0.326 e. The van der Waals surface area contributed by atoms with Crippen molar-refractivity contribution in [1.82, 2.24) is 4.90 Å². The fraction of sp³-hybridized carbons (Fsp3) is 0.467. The van der Waals surface area contributed by atoms with Gasteiger partial charge in [-0.15, -0.1) is 0 Å². The van der Waals surface area contributed by atoms with E-state index >= 15 is 0 Å². The summed E-state index contributed by atoms with van der Waals surface area (Å²) in [7, 11) is 2.56. The van der Waals surface area contributed by atoms with Gasteiger partial charge in [0.1, 0.15) is 6.04 Å². The maximum Gasteiger partial charge on any atom is 0.326 e. The number of amides is 1. The van der Waals surface area contributed by atoms with Crippen molar-refractivity contribution in [3.8, 4) is 11.5 Å². The van der Waals surface area contributed by atoms with Crippen molar-refractivity contribution in [2.45, 2.75) is 25.3 Å². The van der Waals surface area contributed by atoms with Gasteiger partial charge in [0, 0.05) is 12.6 Å². The molecule has 0 aromatic heterocycles. The third-order valence-corrected chi connectivity index (χ3v) is 3.95. The highest BCUT2D eigenvalue weighted by Crippen LogP contribution is 2.38. The molecule has 1 amide bonds. The van der Waals surface area contributed by atoms with Crippen molar-refractivity contribution >= 4 is 17.6 Å². The summed E-state index contributed by atoms with van der Waals surface area (Å²) in [4.78, 5) is 35.8. The van der Waals surface area contributed by atoms with Crippen molar-refractivity contribution in [3.63, 3.8) is 0 Å². The van der Waals surface area contributed by atoms with E-state index in [4.69, 9.17) is 9.47 Å². The molecule has 1 fully saturated rings. The number of carbonyl (C=O) groups excluding carboxylic acids is 1. The van der Waals surface area contributed by atoms with Gasteiger partial charge in [0.2, 0.25) is 5.75 Å². The molecular formula is C15H18N2O7. The van der Waals surface area contributed by atoms with Gasteiger partial charge >= 0.3 is 11.7 Å². The molecule has 130 valence electrons. The summed E-state index contributed by atoms with van der Waals surface area (Å²) in [6.45, 7) is 0.290. The van der Waals surface area contributed by atoms with E-state index in [1.54, 1.807) is 0 Å². The molecule has 0 saturated carbocycles. The van der Waals surface area contributed by atoms with Gasteiger partial charge in [-0.25, -0.2) is 4.79 Å². The Hall–Kier alpha value is -2.84. The van der Waals surface area contributed by atoms with Crippen molar-refractivity contribution in [2.75, 3.05) is 20.8 Å². The summed E-state index contributed by atoms with van der Waals surface area (Å²) in [5, 5.41) is 20.5. The molecule has 1 aromatic rings. The molecule has 9 heteroatoms. The molecule has 1 unspecified atom stereocenters. The number of nitrogens with zero attached hydrogens (tertiary/aromatic N) is 2. The summed E-state index contributed by atoms with van der Waals surface area (Å²) < 4.78 is 10.0. The Morgan fingerprint density at radius 3 is 2.54 bits per heavy atom. The predicted molar refractivity (Wildman–Crippen MR) is 82.5 cm³/mol. The fourth-order valence-corrected chi connectivity index (χ4v) is 2.80. The van der Waals surface area contributed by atoms with Crippen molar-refractivity contribution in [1.29, 1.82) is 0 Å². The molecule has 1 N–H and O–H groups in total. The molecule has 1 atom stereocenters. The van der Waals surface area contributed by atoms with Crippen LogP contribution in [0.1, 0.15) is 29.6 Å².